The largest absolute Gasteiger partial charge is 0.508 e. The van der Waals surface area contributed by atoms with Gasteiger partial charge in [-0.2, -0.15) is 0 Å². The maximum absolute atomic E-state index is 10.5. The SMILES string of the molecule is CC(C)c1c(O)ccc2c1C(O)c1ccccc1-2. The first-order valence-electron chi connectivity index (χ1n) is 6.24. The molecule has 0 amide bonds. The Morgan fingerprint density at radius 1 is 1.00 bits per heavy atom. The summed E-state index contributed by atoms with van der Waals surface area (Å²) in [5, 5.41) is 20.5. The van der Waals surface area contributed by atoms with Gasteiger partial charge in [-0.1, -0.05) is 44.2 Å². The molecule has 92 valence electrons. The van der Waals surface area contributed by atoms with Crippen molar-refractivity contribution in [2.75, 3.05) is 0 Å². The number of hydrogen-bond acceptors (Lipinski definition) is 2. The highest BCUT2D eigenvalue weighted by molar-refractivity contribution is 5.80. The van der Waals surface area contributed by atoms with Crippen LogP contribution in [-0.4, -0.2) is 10.2 Å². The summed E-state index contributed by atoms with van der Waals surface area (Å²) in [5.74, 6) is 0.458. The van der Waals surface area contributed by atoms with E-state index in [1.807, 2.05) is 44.2 Å². The van der Waals surface area contributed by atoms with E-state index in [2.05, 4.69) is 0 Å². The fourth-order valence-corrected chi connectivity index (χ4v) is 2.90. The molecular weight excluding hydrogens is 224 g/mol. The Morgan fingerprint density at radius 3 is 2.44 bits per heavy atom. The number of phenolic OH excluding ortho intramolecular Hbond substituents is 1. The highest BCUT2D eigenvalue weighted by atomic mass is 16.3. The van der Waals surface area contributed by atoms with Gasteiger partial charge < -0.3 is 10.2 Å². The third-order valence-electron chi connectivity index (χ3n) is 3.66. The van der Waals surface area contributed by atoms with Crippen molar-refractivity contribution in [3.8, 4) is 16.9 Å². The van der Waals surface area contributed by atoms with Gasteiger partial charge in [-0.05, 0) is 34.2 Å². The van der Waals surface area contributed by atoms with Crippen molar-refractivity contribution in [1.82, 2.24) is 0 Å². The Bertz CT molecular complexity index is 614. The van der Waals surface area contributed by atoms with Crippen molar-refractivity contribution < 1.29 is 10.2 Å². The second kappa shape index (κ2) is 3.85. The summed E-state index contributed by atoms with van der Waals surface area (Å²) in [4.78, 5) is 0. The molecule has 0 saturated heterocycles. The average molecular weight is 240 g/mol. The zero-order valence-corrected chi connectivity index (χ0v) is 10.5. The number of hydrogen-bond donors (Lipinski definition) is 2. The normalized spacial score (nSPS) is 16.8. The van der Waals surface area contributed by atoms with Gasteiger partial charge in [0.2, 0.25) is 0 Å². The van der Waals surface area contributed by atoms with Gasteiger partial charge in [-0.3, -0.25) is 0 Å². The van der Waals surface area contributed by atoms with Crippen LogP contribution in [-0.2, 0) is 0 Å². The summed E-state index contributed by atoms with van der Waals surface area (Å²) in [6, 6.07) is 11.5. The van der Waals surface area contributed by atoms with E-state index < -0.39 is 6.10 Å². The summed E-state index contributed by atoms with van der Waals surface area (Å²) < 4.78 is 0. The van der Waals surface area contributed by atoms with Crippen LogP contribution >= 0.6 is 0 Å². The van der Waals surface area contributed by atoms with Crippen LogP contribution in [0.5, 0.6) is 5.75 Å². The van der Waals surface area contributed by atoms with Crippen molar-refractivity contribution in [2.45, 2.75) is 25.9 Å². The fraction of sp³-hybridized carbons (Fsp3) is 0.250. The molecule has 2 heteroatoms. The van der Waals surface area contributed by atoms with Crippen LogP contribution in [0.3, 0.4) is 0 Å². The zero-order chi connectivity index (χ0) is 12.9. The minimum absolute atomic E-state index is 0.184. The second-order valence-electron chi connectivity index (χ2n) is 5.10. The van der Waals surface area contributed by atoms with Gasteiger partial charge in [0.05, 0.1) is 0 Å². The molecule has 2 aromatic carbocycles. The molecule has 1 atom stereocenters. The van der Waals surface area contributed by atoms with E-state index in [1.165, 1.54) is 0 Å². The van der Waals surface area contributed by atoms with E-state index in [0.29, 0.717) is 0 Å². The van der Waals surface area contributed by atoms with E-state index in [-0.39, 0.29) is 11.7 Å². The average Bonchev–Trinajstić information content (AvgIpc) is 2.63. The van der Waals surface area contributed by atoms with E-state index in [9.17, 15) is 10.2 Å². The van der Waals surface area contributed by atoms with Crippen LogP contribution in [0, 0.1) is 0 Å². The van der Waals surface area contributed by atoms with Gasteiger partial charge in [0.15, 0.2) is 0 Å². The summed E-state index contributed by atoms with van der Waals surface area (Å²) in [6.07, 6.45) is -0.624. The molecule has 0 spiro atoms. The second-order valence-corrected chi connectivity index (χ2v) is 5.10. The summed E-state index contributed by atoms with van der Waals surface area (Å²) in [7, 11) is 0. The fourth-order valence-electron chi connectivity index (χ4n) is 2.90. The first-order chi connectivity index (χ1) is 8.61. The summed E-state index contributed by atoms with van der Waals surface area (Å²) >= 11 is 0. The van der Waals surface area contributed by atoms with Crippen LogP contribution in [0.1, 0.15) is 42.6 Å². The molecule has 0 radical (unpaired) electrons. The van der Waals surface area contributed by atoms with E-state index >= 15 is 0 Å². The minimum Gasteiger partial charge on any atom is -0.508 e. The van der Waals surface area contributed by atoms with Gasteiger partial charge in [-0.25, -0.2) is 0 Å². The quantitative estimate of drug-likeness (QED) is 0.799. The third kappa shape index (κ3) is 1.39. The lowest BCUT2D eigenvalue weighted by atomic mass is 9.91. The first-order valence-corrected chi connectivity index (χ1v) is 6.24. The molecule has 18 heavy (non-hydrogen) atoms. The van der Waals surface area contributed by atoms with Crippen LogP contribution in [0.25, 0.3) is 11.1 Å². The third-order valence-corrected chi connectivity index (χ3v) is 3.66. The number of benzene rings is 2. The number of rotatable bonds is 1. The van der Waals surface area contributed by atoms with Crippen molar-refractivity contribution in [2.24, 2.45) is 0 Å². The molecule has 1 aliphatic carbocycles. The maximum atomic E-state index is 10.5. The molecule has 0 saturated carbocycles. The predicted molar refractivity (Wildman–Crippen MR) is 71.7 cm³/mol. The number of aliphatic hydroxyl groups excluding tert-OH is 1. The Kier molecular flexibility index (Phi) is 2.42. The first kappa shape index (κ1) is 11.3. The molecule has 2 N–H and O–H groups in total. The molecule has 0 aromatic heterocycles. The standard InChI is InChI=1S/C16H16O2/c1-9(2)14-13(17)8-7-11-10-5-3-4-6-12(10)16(18)15(11)14/h3-9,16-18H,1-2H3. The highest BCUT2D eigenvalue weighted by Gasteiger charge is 2.31. The van der Waals surface area contributed by atoms with E-state index in [1.54, 1.807) is 6.07 Å². The van der Waals surface area contributed by atoms with Crippen LogP contribution in [0.4, 0.5) is 0 Å². The minimum atomic E-state index is -0.624. The number of aliphatic hydroxyl groups is 1. The van der Waals surface area contributed by atoms with Crippen molar-refractivity contribution in [1.29, 1.82) is 0 Å². The van der Waals surface area contributed by atoms with Crippen LogP contribution in [0.15, 0.2) is 36.4 Å². The van der Waals surface area contributed by atoms with Gasteiger partial charge in [0.25, 0.3) is 0 Å². The molecule has 1 unspecified atom stereocenters. The smallest absolute Gasteiger partial charge is 0.119 e. The summed E-state index contributed by atoms with van der Waals surface area (Å²) in [5.41, 5.74) is 4.77. The molecule has 0 fully saturated rings. The lowest BCUT2D eigenvalue weighted by molar-refractivity contribution is 0.223. The molecule has 0 aliphatic heterocycles. The number of aromatic hydroxyl groups is 1. The number of phenols is 1. The Balaban J connectivity index is 2.34. The lowest BCUT2D eigenvalue weighted by Crippen LogP contribution is -2.01. The zero-order valence-electron chi connectivity index (χ0n) is 10.5. The van der Waals surface area contributed by atoms with Gasteiger partial charge in [-0.15, -0.1) is 0 Å². The van der Waals surface area contributed by atoms with Crippen molar-refractivity contribution in [3.05, 3.63) is 53.1 Å². The molecule has 3 rings (SSSR count). The molecule has 2 aromatic rings. The predicted octanol–water partition coefficient (Wildman–Crippen LogP) is 3.58. The van der Waals surface area contributed by atoms with Crippen molar-refractivity contribution >= 4 is 0 Å². The van der Waals surface area contributed by atoms with Gasteiger partial charge in [0.1, 0.15) is 11.9 Å². The maximum Gasteiger partial charge on any atom is 0.119 e. The molecular formula is C16H16O2. The Labute approximate surface area is 107 Å². The number of fused-ring (bicyclic) bond motifs is 3. The lowest BCUT2D eigenvalue weighted by Gasteiger charge is -2.16. The molecule has 2 nitrogen and oxygen atoms in total. The molecule has 1 aliphatic rings. The Morgan fingerprint density at radius 2 is 1.72 bits per heavy atom. The van der Waals surface area contributed by atoms with E-state index in [0.717, 1.165) is 27.8 Å². The van der Waals surface area contributed by atoms with Crippen LogP contribution in [0.2, 0.25) is 0 Å². The summed E-state index contributed by atoms with van der Waals surface area (Å²) in [6.45, 7) is 4.07. The molecule has 0 heterocycles. The van der Waals surface area contributed by atoms with Crippen molar-refractivity contribution in [3.63, 3.8) is 0 Å². The van der Waals surface area contributed by atoms with Gasteiger partial charge >= 0.3 is 0 Å². The topological polar surface area (TPSA) is 40.5 Å². The monoisotopic (exact) mass is 240 g/mol. The molecule has 0 bridgehead atoms. The Hall–Kier alpha value is -1.80. The van der Waals surface area contributed by atoms with Crippen LogP contribution < -0.4 is 0 Å². The van der Waals surface area contributed by atoms with Gasteiger partial charge in [0, 0.05) is 5.56 Å². The highest BCUT2D eigenvalue weighted by Crippen LogP contribution is 2.48. The van der Waals surface area contributed by atoms with E-state index in [4.69, 9.17) is 0 Å².